The Morgan fingerprint density at radius 2 is 2.15 bits per heavy atom. The van der Waals surface area contributed by atoms with E-state index in [4.69, 9.17) is 27.9 Å². The molecule has 70 valence electrons. The van der Waals surface area contributed by atoms with Gasteiger partial charge in [0, 0.05) is 12.1 Å². The van der Waals surface area contributed by atoms with E-state index in [2.05, 4.69) is 4.90 Å². The van der Waals surface area contributed by atoms with E-state index in [0.717, 1.165) is 18.0 Å². The van der Waals surface area contributed by atoms with Crippen molar-refractivity contribution in [3.8, 4) is 5.75 Å². The van der Waals surface area contributed by atoms with Gasteiger partial charge in [-0.15, -0.1) is 0 Å². The van der Waals surface area contributed by atoms with Crippen LogP contribution in [0.5, 0.6) is 5.75 Å². The van der Waals surface area contributed by atoms with Crippen LogP contribution in [0, 0.1) is 0 Å². The molecule has 0 saturated heterocycles. The lowest BCUT2D eigenvalue weighted by molar-refractivity contribution is 0.311. The molecule has 1 aliphatic rings. The first-order valence-corrected chi connectivity index (χ1v) is 4.77. The monoisotopic (exact) mass is 217 g/mol. The van der Waals surface area contributed by atoms with Gasteiger partial charge < -0.3 is 9.64 Å². The van der Waals surface area contributed by atoms with Crippen molar-refractivity contribution in [3.63, 3.8) is 0 Å². The molecule has 13 heavy (non-hydrogen) atoms. The molecule has 0 N–H and O–H groups in total. The summed E-state index contributed by atoms with van der Waals surface area (Å²) in [6.45, 7) is 1.54. The second-order valence-electron chi connectivity index (χ2n) is 3.01. The smallest absolute Gasteiger partial charge is 0.161 e. The quantitative estimate of drug-likeness (QED) is 0.663. The molecule has 0 aliphatic carbocycles. The van der Waals surface area contributed by atoms with Gasteiger partial charge in [0.1, 0.15) is 6.61 Å². The number of fused-ring (bicyclic) bond motifs is 1. The van der Waals surface area contributed by atoms with E-state index in [9.17, 15) is 0 Å². The minimum atomic E-state index is 0.578. The van der Waals surface area contributed by atoms with E-state index in [1.165, 1.54) is 0 Å². The van der Waals surface area contributed by atoms with E-state index in [1.54, 1.807) is 6.07 Å². The molecule has 0 atom stereocenters. The van der Waals surface area contributed by atoms with E-state index in [-0.39, 0.29) is 0 Å². The van der Waals surface area contributed by atoms with Gasteiger partial charge >= 0.3 is 0 Å². The first kappa shape index (κ1) is 8.97. The van der Waals surface area contributed by atoms with Gasteiger partial charge in [-0.05, 0) is 12.1 Å². The van der Waals surface area contributed by atoms with Crippen molar-refractivity contribution < 1.29 is 4.74 Å². The molecule has 0 bridgehead atoms. The molecule has 2 nitrogen and oxygen atoms in total. The number of anilines is 1. The lowest BCUT2D eigenvalue weighted by atomic mass is 10.2. The Morgan fingerprint density at radius 3 is 2.92 bits per heavy atom. The molecule has 0 amide bonds. The minimum Gasteiger partial charge on any atom is -0.488 e. The van der Waals surface area contributed by atoms with Gasteiger partial charge in [0.15, 0.2) is 5.75 Å². The molecule has 1 aromatic rings. The lowest BCUT2D eigenvalue weighted by Gasteiger charge is -2.28. The van der Waals surface area contributed by atoms with Crippen LogP contribution < -0.4 is 9.64 Å². The second kappa shape index (κ2) is 3.28. The SMILES string of the molecule is CN1CCOc2c(Cl)cc(Cl)cc21. The fourth-order valence-electron chi connectivity index (χ4n) is 1.38. The van der Waals surface area contributed by atoms with Crippen LogP contribution in [-0.2, 0) is 0 Å². The van der Waals surface area contributed by atoms with Crippen molar-refractivity contribution in [1.82, 2.24) is 0 Å². The number of hydrogen-bond donors (Lipinski definition) is 0. The Balaban J connectivity index is 2.56. The Morgan fingerprint density at radius 1 is 1.38 bits per heavy atom. The summed E-state index contributed by atoms with van der Waals surface area (Å²) in [4.78, 5) is 2.08. The third-order valence-corrected chi connectivity index (χ3v) is 2.57. The summed E-state index contributed by atoms with van der Waals surface area (Å²) in [6, 6.07) is 3.56. The second-order valence-corrected chi connectivity index (χ2v) is 3.85. The number of hydrogen-bond acceptors (Lipinski definition) is 2. The topological polar surface area (TPSA) is 12.5 Å². The Hall–Kier alpha value is -0.600. The molecule has 0 aromatic heterocycles. The predicted molar refractivity (Wildman–Crippen MR) is 55.2 cm³/mol. The number of rotatable bonds is 0. The average molecular weight is 218 g/mol. The molecule has 0 spiro atoms. The summed E-state index contributed by atoms with van der Waals surface area (Å²) in [5.41, 5.74) is 0.962. The average Bonchev–Trinajstić information content (AvgIpc) is 2.07. The first-order valence-electron chi connectivity index (χ1n) is 4.01. The highest BCUT2D eigenvalue weighted by molar-refractivity contribution is 6.36. The standard InChI is InChI=1S/C9H9Cl2NO/c1-12-2-3-13-9-7(11)4-6(10)5-8(9)12/h4-5H,2-3H2,1H3. The highest BCUT2D eigenvalue weighted by Gasteiger charge is 2.18. The fourth-order valence-corrected chi connectivity index (χ4v) is 1.92. The summed E-state index contributed by atoms with van der Waals surface area (Å²) < 4.78 is 5.45. The highest BCUT2D eigenvalue weighted by atomic mass is 35.5. The van der Waals surface area contributed by atoms with Gasteiger partial charge in [-0.2, -0.15) is 0 Å². The number of ether oxygens (including phenoxy) is 1. The largest absolute Gasteiger partial charge is 0.488 e. The van der Waals surface area contributed by atoms with Gasteiger partial charge in [0.25, 0.3) is 0 Å². The van der Waals surface area contributed by atoms with Crippen molar-refractivity contribution in [2.75, 3.05) is 25.1 Å². The summed E-state index contributed by atoms with van der Waals surface area (Å²) in [6.07, 6.45) is 0. The molecule has 0 saturated carbocycles. The molecule has 0 unspecified atom stereocenters. The van der Waals surface area contributed by atoms with Crippen LogP contribution in [-0.4, -0.2) is 20.2 Å². The van der Waals surface area contributed by atoms with Gasteiger partial charge in [-0.1, -0.05) is 23.2 Å². The van der Waals surface area contributed by atoms with Crippen LogP contribution in [0.25, 0.3) is 0 Å². The van der Waals surface area contributed by atoms with Gasteiger partial charge in [0.05, 0.1) is 17.3 Å². The number of benzene rings is 1. The summed E-state index contributed by atoms with van der Waals surface area (Å²) >= 11 is 11.9. The molecule has 1 aromatic carbocycles. The lowest BCUT2D eigenvalue weighted by Crippen LogP contribution is -2.28. The number of nitrogens with zero attached hydrogens (tertiary/aromatic N) is 1. The third-order valence-electron chi connectivity index (χ3n) is 2.07. The van der Waals surface area contributed by atoms with E-state index >= 15 is 0 Å². The molecule has 1 heterocycles. The van der Waals surface area contributed by atoms with Gasteiger partial charge in [-0.3, -0.25) is 0 Å². The summed E-state index contributed by atoms with van der Waals surface area (Å²) in [5.74, 6) is 0.736. The summed E-state index contributed by atoms with van der Waals surface area (Å²) in [5, 5.41) is 1.22. The zero-order valence-corrected chi connectivity index (χ0v) is 8.69. The molecule has 4 heteroatoms. The van der Waals surface area contributed by atoms with Crippen molar-refractivity contribution in [2.45, 2.75) is 0 Å². The van der Waals surface area contributed by atoms with E-state index in [1.807, 2.05) is 13.1 Å². The molecule has 2 rings (SSSR count). The highest BCUT2D eigenvalue weighted by Crippen LogP contribution is 2.39. The Labute approximate surface area is 87.0 Å². The van der Waals surface area contributed by atoms with E-state index in [0.29, 0.717) is 16.7 Å². The fraction of sp³-hybridized carbons (Fsp3) is 0.333. The first-order chi connectivity index (χ1) is 6.18. The van der Waals surface area contributed by atoms with Gasteiger partial charge in [-0.25, -0.2) is 0 Å². The van der Waals surface area contributed by atoms with Crippen LogP contribution in [0.3, 0.4) is 0 Å². The molecule has 0 radical (unpaired) electrons. The van der Waals surface area contributed by atoms with Crippen molar-refractivity contribution in [3.05, 3.63) is 22.2 Å². The maximum Gasteiger partial charge on any atom is 0.161 e. The van der Waals surface area contributed by atoms with Crippen molar-refractivity contribution >= 4 is 28.9 Å². The molecule has 0 fully saturated rings. The maximum atomic E-state index is 5.98. The Kier molecular flexibility index (Phi) is 2.26. The molecular weight excluding hydrogens is 209 g/mol. The van der Waals surface area contributed by atoms with Crippen LogP contribution >= 0.6 is 23.2 Å². The summed E-state index contributed by atoms with van der Waals surface area (Å²) in [7, 11) is 1.99. The molecular formula is C9H9Cl2NO. The Bertz CT molecular complexity index is 341. The minimum absolute atomic E-state index is 0.578. The van der Waals surface area contributed by atoms with Crippen molar-refractivity contribution in [1.29, 1.82) is 0 Å². The third kappa shape index (κ3) is 1.56. The van der Waals surface area contributed by atoms with E-state index < -0.39 is 0 Å². The predicted octanol–water partition coefficient (Wildman–Crippen LogP) is 2.82. The number of likely N-dealkylation sites (N-methyl/N-ethyl adjacent to an activating group) is 1. The van der Waals surface area contributed by atoms with Gasteiger partial charge in [0.2, 0.25) is 0 Å². The maximum absolute atomic E-state index is 5.98. The van der Waals surface area contributed by atoms with Crippen LogP contribution in [0.1, 0.15) is 0 Å². The van der Waals surface area contributed by atoms with Crippen LogP contribution in [0.4, 0.5) is 5.69 Å². The van der Waals surface area contributed by atoms with Crippen LogP contribution in [0.15, 0.2) is 12.1 Å². The normalized spacial score (nSPS) is 15.2. The number of halogens is 2. The van der Waals surface area contributed by atoms with Crippen molar-refractivity contribution in [2.24, 2.45) is 0 Å². The zero-order valence-electron chi connectivity index (χ0n) is 7.18. The van der Waals surface area contributed by atoms with Crippen LogP contribution in [0.2, 0.25) is 10.0 Å². The zero-order chi connectivity index (χ0) is 9.42. The molecule has 1 aliphatic heterocycles.